The van der Waals surface area contributed by atoms with Gasteiger partial charge in [-0.25, -0.2) is 12.8 Å². The van der Waals surface area contributed by atoms with E-state index < -0.39 is 15.7 Å². The Balaban J connectivity index is 1.37. The largest absolute Gasteiger partial charge is 0.355 e. The zero-order valence-electron chi connectivity index (χ0n) is 17.9. The minimum absolute atomic E-state index is 0.0494. The summed E-state index contributed by atoms with van der Waals surface area (Å²) in [7, 11) is -3.31. The first kappa shape index (κ1) is 24.0. The zero-order chi connectivity index (χ0) is 24.1. The van der Waals surface area contributed by atoms with E-state index >= 15 is 0 Å². The molecule has 176 valence electrons. The molecule has 8 nitrogen and oxygen atoms in total. The van der Waals surface area contributed by atoms with Gasteiger partial charge in [0.2, 0.25) is 5.13 Å². The maximum absolute atomic E-state index is 13.0. The maximum atomic E-state index is 13.0. The Labute approximate surface area is 203 Å². The highest BCUT2D eigenvalue weighted by molar-refractivity contribution is 8.00. The number of rotatable bonds is 9. The van der Waals surface area contributed by atoms with Crippen LogP contribution < -0.4 is 5.32 Å². The summed E-state index contributed by atoms with van der Waals surface area (Å²) in [6.07, 6.45) is 0.535. The van der Waals surface area contributed by atoms with Crippen LogP contribution in [-0.4, -0.2) is 35.4 Å². The number of benzene rings is 2. The van der Waals surface area contributed by atoms with Crippen LogP contribution in [0.3, 0.4) is 0 Å². The number of nitrogens with one attached hydrogen (secondary N) is 1. The summed E-state index contributed by atoms with van der Waals surface area (Å²) in [5.74, 6) is 0.203. The molecule has 1 N–H and O–H groups in total. The molecule has 0 aliphatic rings. The van der Waals surface area contributed by atoms with Gasteiger partial charge < -0.3 is 4.52 Å². The van der Waals surface area contributed by atoms with E-state index in [1.165, 1.54) is 53.4 Å². The van der Waals surface area contributed by atoms with Crippen LogP contribution in [0, 0.1) is 5.82 Å². The third-order valence-electron chi connectivity index (χ3n) is 4.62. The van der Waals surface area contributed by atoms with Crippen LogP contribution in [0.15, 0.2) is 68.4 Å². The Morgan fingerprint density at radius 1 is 1.12 bits per heavy atom. The van der Waals surface area contributed by atoms with E-state index in [0.717, 1.165) is 5.56 Å². The second kappa shape index (κ2) is 10.5. The predicted molar refractivity (Wildman–Crippen MR) is 128 cm³/mol. The highest BCUT2D eigenvalue weighted by Crippen LogP contribution is 2.29. The molecule has 0 bridgehead atoms. The predicted octanol–water partition coefficient (Wildman–Crippen LogP) is 5.06. The second-order valence-electron chi connectivity index (χ2n) is 7.16. The first-order chi connectivity index (χ1) is 16.3. The topological polar surface area (TPSA) is 115 Å². The number of carbonyl (C=O) groups is 1. The fraction of sp³-hybridized carbons (Fsp3) is 0.182. The minimum Gasteiger partial charge on any atom is -0.355 e. The standard InChI is InChI=1S/C22H19FN4O4S3/c1-2-11-34(29,30)17-9-5-15(6-10-17)19-12-18(27-31-19)20(28)24-21-25-26-22(33-21)32-13-14-3-7-16(23)8-4-14/h3-10,12H,2,11,13H2,1H3,(H,24,25,28). The molecule has 0 aliphatic heterocycles. The van der Waals surface area contributed by atoms with Crippen molar-refractivity contribution in [2.75, 3.05) is 11.1 Å². The molecule has 2 aromatic carbocycles. The first-order valence-corrected chi connectivity index (χ1v) is 13.6. The smallest absolute Gasteiger partial charge is 0.279 e. The molecule has 0 unspecified atom stereocenters. The van der Waals surface area contributed by atoms with Crippen molar-refractivity contribution in [2.45, 2.75) is 28.3 Å². The summed E-state index contributed by atoms with van der Waals surface area (Å²) in [4.78, 5) is 12.8. The zero-order valence-corrected chi connectivity index (χ0v) is 20.3. The molecule has 0 spiro atoms. The third kappa shape index (κ3) is 5.88. The van der Waals surface area contributed by atoms with Gasteiger partial charge in [-0.2, -0.15) is 0 Å². The van der Waals surface area contributed by atoms with Gasteiger partial charge in [-0.05, 0) is 48.4 Å². The molecule has 0 radical (unpaired) electrons. The van der Waals surface area contributed by atoms with Crippen LogP contribution in [0.5, 0.6) is 0 Å². The SMILES string of the molecule is CCCS(=O)(=O)c1ccc(-c2cc(C(=O)Nc3nnc(SCc4ccc(F)cc4)s3)no2)cc1. The van der Waals surface area contributed by atoms with E-state index in [1.54, 1.807) is 24.3 Å². The molecule has 0 atom stereocenters. The van der Waals surface area contributed by atoms with E-state index in [4.69, 9.17) is 4.52 Å². The number of anilines is 1. The Kier molecular flexibility index (Phi) is 7.39. The summed E-state index contributed by atoms with van der Waals surface area (Å²) < 4.78 is 43.2. The van der Waals surface area contributed by atoms with Gasteiger partial charge in [0.1, 0.15) is 5.82 Å². The van der Waals surface area contributed by atoms with Gasteiger partial charge >= 0.3 is 0 Å². The van der Waals surface area contributed by atoms with E-state index in [2.05, 4.69) is 20.7 Å². The number of thioether (sulfide) groups is 1. The van der Waals surface area contributed by atoms with Gasteiger partial charge in [-0.15, -0.1) is 10.2 Å². The number of carbonyl (C=O) groups excluding carboxylic acids is 1. The van der Waals surface area contributed by atoms with E-state index in [-0.39, 0.29) is 22.2 Å². The molecular formula is C22H19FN4O4S3. The van der Waals surface area contributed by atoms with Crippen LogP contribution in [0.1, 0.15) is 29.4 Å². The molecule has 0 aliphatic carbocycles. The molecule has 1 amide bonds. The quantitative estimate of drug-likeness (QED) is 0.241. The van der Waals surface area contributed by atoms with Crippen molar-refractivity contribution in [3.63, 3.8) is 0 Å². The van der Waals surface area contributed by atoms with Gasteiger partial charge in [0, 0.05) is 17.4 Å². The van der Waals surface area contributed by atoms with Crippen molar-refractivity contribution in [3.8, 4) is 11.3 Å². The molecule has 0 fully saturated rings. The highest BCUT2D eigenvalue weighted by atomic mass is 32.2. The van der Waals surface area contributed by atoms with Crippen LogP contribution in [0.2, 0.25) is 0 Å². The summed E-state index contributed by atoms with van der Waals surface area (Å²) in [5, 5.41) is 14.7. The number of halogens is 1. The summed E-state index contributed by atoms with van der Waals surface area (Å²) in [5.41, 5.74) is 1.59. The fourth-order valence-corrected chi connectivity index (χ4v) is 5.96. The van der Waals surface area contributed by atoms with Crippen molar-refractivity contribution in [1.29, 1.82) is 0 Å². The fourth-order valence-electron chi connectivity index (χ4n) is 2.94. The van der Waals surface area contributed by atoms with Crippen molar-refractivity contribution >= 4 is 44.0 Å². The summed E-state index contributed by atoms with van der Waals surface area (Å²) in [6, 6.07) is 13.9. The van der Waals surface area contributed by atoms with Gasteiger partial charge in [-0.3, -0.25) is 10.1 Å². The van der Waals surface area contributed by atoms with Gasteiger partial charge in [-0.1, -0.05) is 47.3 Å². The number of aromatic nitrogens is 3. The van der Waals surface area contributed by atoms with Crippen LogP contribution in [0.4, 0.5) is 9.52 Å². The minimum atomic E-state index is -3.31. The Morgan fingerprint density at radius 2 is 1.85 bits per heavy atom. The lowest BCUT2D eigenvalue weighted by atomic mass is 10.1. The molecule has 34 heavy (non-hydrogen) atoms. The number of sulfone groups is 1. The normalized spacial score (nSPS) is 11.5. The number of hydrogen-bond acceptors (Lipinski definition) is 9. The van der Waals surface area contributed by atoms with Gasteiger partial charge in [0.25, 0.3) is 5.91 Å². The molecular weight excluding hydrogens is 499 g/mol. The second-order valence-corrected chi connectivity index (χ2v) is 11.5. The molecule has 2 aromatic heterocycles. The van der Waals surface area contributed by atoms with Gasteiger partial charge in [0.05, 0.1) is 10.6 Å². The number of hydrogen-bond donors (Lipinski definition) is 1. The van der Waals surface area contributed by atoms with E-state index in [0.29, 0.717) is 33.0 Å². The Hall–Kier alpha value is -3.09. The molecule has 4 rings (SSSR count). The summed E-state index contributed by atoms with van der Waals surface area (Å²) >= 11 is 2.63. The molecule has 0 saturated heterocycles. The van der Waals surface area contributed by atoms with E-state index in [9.17, 15) is 17.6 Å². The lowest BCUT2D eigenvalue weighted by Gasteiger charge is -2.03. The third-order valence-corrected chi connectivity index (χ3v) is 8.60. The van der Waals surface area contributed by atoms with Crippen molar-refractivity contribution in [2.24, 2.45) is 0 Å². The maximum Gasteiger partial charge on any atom is 0.279 e. The van der Waals surface area contributed by atoms with Crippen LogP contribution >= 0.6 is 23.1 Å². The number of amides is 1. The van der Waals surface area contributed by atoms with Crippen molar-refractivity contribution in [3.05, 3.63) is 71.7 Å². The molecule has 0 saturated carbocycles. The van der Waals surface area contributed by atoms with Crippen LogP contribution in [0.25, 0.3) is 11.3 Å². The van der Waals surface area contributed by atoms with E-state index in [1.807, 2.05) is 6.92 Å². The molecule has 4 aromatic rings. The number of nitrogens with zero attached hydrogens (tertiary/aromatic N) is 3. The van der Waals surface area contributed by atoms with Crippen molar-refractivity contribution in [1.82, 2.24) is 15.4 Å². The van der Waals surface area contributed by atoms with Gasteiger partial charge in [0.15, 0.2) is 25.6 Å². The summed E-state index contributed by atoms with van der Waals surface area (Å²) in [6.45, 7) is 1.81. The highest BCUT2D eigenvalue weighted by Gasteiger charge is 2.18. The Morgan fingerprint density at radius 3 is 2.56 bits per heavy atom. The average Bonchev–Trinajstić information content (AvgIpc) is 3.49. The Bertz CT molecular complexity index is 1380. The lowest BCUT2D eigenvalue weighted by molar-refractivity contribution is 0.101. The van der Waals surface area contributed by atoms with Crippen molar-refractivity contribution < 1.29 is 22.1 Å². The lowest BCUT2D eigenvalue weighted by Crippen LogP contribution is -2.11. The molecule has 12 heteroatoms. The average molecular weight is 519 g/mol. The first-order valence-electron chi connectivity index (χ1n) is 10.2. The molecule has 2 heterocycles. The monoisotopic (exact) mass is 518 g/mol. The van der Waals surface area contributed by atoms with Crippen LogP contribution in [-0.2, 0) is 15.6 Å².